The third-order valence-electron chi connectivity index (χ3n) is 2.72. The van der Waals surface area contributed by atoms with Crippen LogP contribution in [0.2, 0.25) is 5.02 Å². The molecule has 0 radical (unpaired) electrons. The molecule has 2 rings (SSSR count). The van der Waals surface area contributed by atoms with Crippen LogP contribution in [0.5, 0.6) is 0 Å². The average molecular weight is 213 g/mol. The van der Waals surface area contributed by atoms with Gasteiger partial charge in [0.2, 0.25) is 0 Å². The molecule has 0 aromatic heterocycles. The summed E-state index contributed by atoms with van der Waals surface area (Å²) in [4.78, 5) is 0. The number of aliphatic hydroxyl groups excluding tert-OH is 1. The van der Waals surface area contributed by atoms with Gasteiger partial charge >= 0.3 is 0 Å². The van der Waals surface area contributed by atoms with E-state index >= 15 is 0 Å². The molecule has 0 saturated carbocycles. The molecule has 1 aromatic carbocycles. The molecule has 1 N–H and O–H groups in total. The monoisotopic (exact) mass is 212 g/mol. The van der Waals surface area contributed by atoms with E-state index in [4.69, 9.17) is 16.3 Å². The van der Waals surface area contributed by atoms with Crippen molar-refractivity contribution in [2.24, 2.45) is 5.41 Å². The van der Waals surface area contributed by atoms with Gasteiger partial charge in [-0.15, -0.1) is 0 Å². The highest BCUT2D eigenvalue weighted by molar-refractivity contribution is 6.31. The molecule has 1 fully saturated rings. The number of halogens is 1. The van der Waals surface area contributed by atoms with Crippen LogP contribution in [0, 0.1) is 5.41 Å². The lowest BCUT2D eigenvalue weighted by Crippen LogP contribution is -2.44. The van der Waals surface area contributed by atoms with E-state index < -0.39 is 6.10 Å². The minimum atomic E-state index is -0.537. The summed E-state index contributed by atoms with van der Waals surface area (Å²) in [5.74, 6) is 0. The number of hydrogen-bond acceptors (Lipinski definition) is 2. The molecular weight excluding hydrogens is 200 g/mol. The van der Waals surface area contributed by atoms with Crippen LogP contribution in [0.4, 0.5) is 0 Å². The van der Waals surface area contributed by atoms with Gasteiger partial charge in [0.1, 0.15) is 0 Å². The van der Waals surface area contributed by atoms with Gasteiger partial charge in [-0.1, -0.05) is 36.7 Å². The van der Waals surface area contributed by atoms with Gasteiger partial charge in [0.25, 0.3) is 0 Å². The van der Waals surface area contributed by atoms with E-state index in [2.05, 4.69) is 0 Å². The highest BCUT2D eigenvalue weighted by atomic mass is 35.5. The molecule has 0 aliphatic carbocycles. The molecule has 3 heteroatoms. The lowest BCUT2D eigenvalue weighted by atomic mass is 9.79. The lowest BCUT2D eigenvalue weighted by Gasteiger charge is -2.42. The maximum Gasteiger partial charge on any atom is 0.0902 e. The third kappa shape index (κ3) is 1.54. The predicted octanol–water partition coefficient (Wildman–Crippen LogP) is 2.41. The van der Waals surface area contributed by atoms with Crippen LogP contribution in [0.25, 0.3) is 0 Å². The summed E-state index contributed by atoms with van der Waals surface area (Å²) < 4.78 is 5.12. The molecule has 0 bridgehead atoms. The van der Waals surface area contributed by atoms with Gasteiger partial charge in [-0.05, 0) is 11.6 Å². The van der Waals surface area contributed by atoms with Gasteiger partial charge in [0.15, 0.2) is 0 Å². The SMILES string of the molecule is CC1(C(O)c2ccccc2Cl)COC1. The maximum atomic E-state index is 10.1. The second-order valence-corrected chi connectivity index (χ2v) is 4.48. The smallest absolute Gasteiger partial charge is 0.0902 e. The summed E-state index contributed by atoms with van der Waals surface area (Å²) in [5, 5.41) is 10.7. The molecule has 1 atom stereocenters. The van der Waals surface area contributed by atoms with E-state index in [1.54, 1.807) is 6.07 Å². The van der Waals surface area contributed by atoms with E-state index in [0.717, 1.165) is 5.56 Å². The molecule has 1 aromatic rings. The zero-order valence-electron chi connectivity index (χ0n) is 8.03. The van der Waals surface area contributed by atoms with Crippen LogP contribution in [0.15, 0.2) is 24.3 Å². The van der Waals surface area contributed by atoms with E-state index in [9.17, 15) is 5.11 Å². The number of rotatable bonds is 2. The molecule has 0 spiro atoms. The van der Waals surface area contributed by atoms with Crippen molar-refractivity contribution in [3.05, 3.63) is 34.9 Å². The first kappa shape index (κ1) is 9.97. The van der Waals surface area contributed by atoms with E-state index in [-0.39, 0.29) is 5.41 Å². The maximum absolute atomic E-state index is 10.1. The Morgan fingerprint density at radius 3 is 2.57 bits per heavy atom. The Labute approximate surface area is 88.5 Å². The molecule has 0 amide bonds. The summed E-state index contributed by atoms with van der Waals surface area (Å²) in [6.07, 6.45) is -0.537. The Kier molecular flexibility index (Phi) is 2.52. The first-order valence-corrected chi connectivity index (χ1v) is 5.01. The second-order valence-electron chi connectivity index (χ2n) is 4.07. The van der Waals surface area contributed by atoms with Crippen molar-refractivity contribution in [3.8, 4) is 0 Å². The standard InChI is InChI=1S/C11H13ClO2/c1-11(6-14-7-11)10(13)8-4-2-3-5-9(8)12/h2-5,10,13H,6-7H2,1H3. The van der Waals surface area contributed by atoms with Crippen molar-refractivity contribution in [1.82, 2.24) is 0 Å². The van der Waals surface area contributed by atoms with Gasteiger partial charge in [0.05, 0.1) is 19.3 Å². The van der Waals surface area contributed by atoms with Crippen LogP contribution in [-0.4, -0.2) is 18.3 Å². The topological polar surface area (TPSA) is 29.5 Å². The Balaban J connectivity index is 2.26. The summed E-state index contributed by atoms with van der Waals surface area (Å²) in [5.41, 5.74) is 0.616. The Bertz CT molecular complexity index is 334. The van der Waals surface area contributed by atoms with Crippen LogP contribution in [-0.2, 0) is 4.74 Å². The highest BCUT2D eigenvalue weighted by Crippen LogP contribution is 2.41. The Morgan fingerprint density at radius 2 is 2.07 bits per heavy atom. The molecule has 1 aliphatic heterocycles. The zero-order valence-corrected chi connectivity index (χ0v) is 8.79. The largest absolute Gasteiger partial charge is 0.388 e. The van der Waals surface area contributed by atoms with Crippen LogP contribution < -0.4 is 0 Å². The number of ether oxygens (including phenoxy) is 1. The molecule has 1 saturated heterocycles. The van der Waals surface area contributed by atoms with Crippen LogP contribution >= 0.6 is 11.6 Å². The van der Waals surface area contributed by atoms with E-state index in [1.165, 1.54) is 0 Å². The van der Waals surface area contributed by atoms with Crippen molar-refractivity contribution >= 4 is 11.6 Å². The Morgan fingerprint density at radius 1 is 1.43 bits per heavy atom. The van der Waals surface area contributed by atoms with Crippen molar-refractivity contribution in [2.75, 3.05) is 13.2 Å². The molecule has 1 heterocycles. The zero-order chi connectivity index (χ0) is 10.2. The van der Waals surface area contributed by atoms with Gasteiger partial charge in [-0.3, -0.25) is 0 Å². The minimum absolute atomic E-state index is 0.176. The van der Waals surface area contributed by atoms with Gasteiger partial charge in [-0.2, -0.15) is 0 Å². The fourth-order valence-corrected chi connectivity index (χ4v) is 1.89. The fraction of sp³-hybridized carbons (Fsp3) is 0.455. The molecule has 76 valence electrons. The first-order chi connectivity index (χ1) is 6.63. The van der Waals surface area contributed by atoms with E-state index in [0.29, 0.717) is 18.2 Å². The molecular formula is C11H13ClO2. The van der Waals surface area contributed by atoms with Gasteiger partial charge < -0.3 is 9.84 Å². The highest BCUT2D eigenvalue weighted by Gasteiger charge is 2.41. The average Bonchev–Trinajstić information content (AvgIpc) is 2.14. The van der Waals surface area contributed by atoms with Crippen molar-refractivity contribution < 1.29 is 9.84 Å². The number of hydrogen-bond donors (Lipinski definition) is 1. The molecule has 1 aliphatic rings. The van der Waals surface area contributed by atoms with Gasteiger partial charge in [0, 0.05) is 10.4 Å². The second kappa shape index (κ2) is 3.54. The van der Waals surface area contributed by atoms with Crippen molar-refractivity contribution in [3.63, 3.8) is 0 Å². The number of aliphatic hydroxyl groups is 1. The number of benzene rings is 1. The fourth-order valence-electron chi connectivity index (χ4n) is 1.65. The quantitative estimate of drug-likeness (QED) is 0.816. The van der Waals surface area contributed by atoms with Gasteiger partial charge in [-0.25, -0.2) is 0 Å². The van der Waals surface area contributed by atoms with Crippen molar-refractivity contribution in [1.29, 1.82) is 0 Å². The summed E-state index contributed by atoms with van der Waals surface area (Å²) in [7, 11) is 0. The van der Waals surface area contributed by atoms with Crippen LogP contribution in [0.3, 0.4) is 0 Å². The minimum Gasteiger partial charge on any atom is -0.388 e. The summed E-state index contributed by atoms with van der Waals surface area (Å²) >= 11 is 6.01. The summed E-state index contributed by atoms with van der Waals surface area (Å²) in [6, 6.07) is 7.39. The van der Waals surface area contributed by atoms with Crippen molar-refractivity contribution in [2.45, 2.75) is 13.0 Å². The van der Waals surface area contributed by atoms with E-state index in [1.807, 2.05) is 25.1 Å². The lowest BCUT2D eigenvalue weighted by molar-refractivity contribution is -0.162. The normalized spacial score (nSPS) is 21.4. The molecule has 1 unspecified atom stereocenters. The third-order valence-corrected chi connectivity index (χ3v) is 3.07. The Hall–Kier alpha value is -0.570. The molecule has 14 heavy (non-hydrogen) atoms. The summed E-state index contributed by atoms with van der Waals surface area (Å²) in [6.45, 7) is 3.20. The van der Waals surface area contributed by atoms with Crippen LogP contribution in [0.1, 0.15) is 18.6 Å². The predicted molar refractivity (Wildman–Crippen MR) is 55.3 cm³/mol. The molecule has 2 nitrogen and oxygen atoms in total. The first-order valence-electron chi connectivity index (χ1n) is 4.64.